The molecule has 3 N–H and O–H groups in total. The average Bonchev–Trinajstić information content (AvgIpc) is 2.75. The topological polar surface area (TPSA) is 69.8 Å². The summed E-state index contributed by atoms with van der Waals surface area (Å²) in [7, 11) is 0. The number of hydrogen-bond acceptors (Lipinski definition) is 2. The van der Waals surface area contributed by atoms with E-state index in [0.29, 0.717) is 0 Å². The van der Waals surface area contributed by atoms with E-state index >= 15 is 0 Å². The molecule has 0 aliphatic heterocycles. The highest BCUT2D eigenvalue weighted by molar-refractivity contribution is 5.89. The predicted octanol–water partition coefficient (Wildman–Crippen LogP) is 2.92. The van der Waals surface area contributed by atoms with E-state index in [0.717, 1.165) is 22.8 Å². The zero-order valence-electron chi connectivity index (χ0n) is 11.3. The first-order valence-electron chi connectivity index (χ1n) is 6.24. The van der Waals surface area contributed by atoms with Gasteiger partial charge in [-0.25, -0.2) is 9.78 Å². The number of aryl methyl sites for hydroxylation is 1. The van der Waals surface area contributed by atoms with Crippen molar-refractivity contribution in [3.8, 4) is 11.3 Å². The summed E-state index contributed by atoms with van der Waals surface area (Å²) < 4.78 is 0. The van der Waals surface area contributed by atoms with E-state index in [1.165, 1.54) is 0 Å². The smallest absolute Gasteiger partial charge is 0.319 e. The summed E-state index contributed by atoms with van der Waals surface area (Å²) in [5.41, 5.74) is 2.77. The minimum atomic E-state index is -0.194. The van der Waals surface area contributed by atoms with Gasteiger partial charge in [-0.1, -0.05) is 12.1 Å². The SMILES string of the molecule is Cc1ncc(-c2ccc(NC(=O)NC(C)C)cc2)[nH]1. The molecule has 2 rings (SSSR count). The molecule has 0 fully saturated rings. The van der Waals surface area contributed by atoms with Crippen molar-refractivity contribution < 1.29 is 4.79 Å². The molecule has 5 nitrogen and oxygen atoms in total. The van der Waals surface area contributed by atoms with Crippen molar-refractivity contribution in [1.29, 1.82) is 0 Å². The lowest BCUT2D eigenvalue weighted by atomic mass is 10.1. The monoisotopic (exact) mass is 258 g/mol. The van der Waals surface area contributed by atoms with Crippen molar-refractivity contribution in [2.45, 2.75) is 26.8 Å². The van der Waals surface area contributed by atoms with E-state index in [1.807, 2.05) is 45.0 Å². The number of aromatic amines is 1. The van der Waals surface area contributed by atoms with Crippen LogP contribution in [-0.4, -0.2) is 22.0 Å². The lowest BCUT2D eigenvalue weighted by molar-refractivity contribution is 0.250. The Labute approximate surface area is 112 Å². The highest BCUT2D eigenvalue weighted by Crippen LogP contribution is 2.19. The van der Waals surface area contributed by atoms with Crippen LogP contribution in [0.4, 0.5) is 10.5 Å². The summed E-state index contributed by atoms with van der Waals surface area (Å²) >= 11 is 0. The van der Waals surface area contributed by atoms with Crippen molar-refractivity contribution in [2.75, 3.05) is 5.32 Å². The number of benzene rings is 1. The molecule has 1 aromatic carbocycles. The van der Waals surface area contributed by atoms with Crippen molar-refractivity contribution in [1.82, 2.24) is 15.3 Å². The number of hydrogen-bond donors (Lipinski definition) is 3. The molecule has 100 valence electrons. The fraction of sp³-hybridized carbons (Fsp3) is 0.286. The third kappa shape index (κ3) is 3.58. The maximum Gasteiger partial charge on any atom is 0.319 e. The van der Waals surface area contributed by atoms with Crippen molar-refractivity contribution >= 4 is 11.7 Å². The minimum Gasteiger partial charge on any atom is -0.342 e. The van der Waals surface area contributed by atoms with Crippen LogP contribution in [0.5, 0.6) is 0 Å². The molecule has 0 spiro atoms. The highest BCUT2D eigenvalue weighted by Gasteiger charge is 2.04. The molecule has 2 aromatic rings. The predicted molar refractivity (Wildman–Crippen MR) is 76.1 cm³/mol. The third-order valence-electron chi connectivity index (χ3n) is 2.58. The molecule has 0 aliphatic rings. The molecule has 0 saturated carbocycles. The first kappa shape index (κ1) is 13.1. The summed E-state index contributed by atoms with van der Waals surface area (Å²) in [4.78, 5) is 18.9. The molecule has 0 aliphatic carbocycles. The summed E-state index contributed by atoms with van der Waals surface area (Å²) in [6.07, 6.45) is 1.79. The van der Waals surface area contributed by atoms with Crippen LogP contribution in [0, 0.1) is 6.92 Å². The van der Waals surface area contributed by atoms with Gasteiger partial charge < -0.3 is 15.6 Å². The lowest BCUT2D eigenvalue weighted by Gasteiger charge is -2.10. The van der Waals surface area contributed by atoms with E-state index in [-0.39, 0.29) is 12.1 Å². The first-order valence-corrected chi connectivity index (χ1v) is 6.24. The van der Waals surface area contributed by atoms with Gasteiger partial charge in [0.2, 0.25) is 0 Å². The highest BCUT2D eigenvalue weighted by atomic mass is 16.2. The molecule has 2 amide bonds. The normalized spacial score (nSPS) is 10.5. The molecule has 5 heteroatoms. The fourth-order valence-corrected chi connectivity index (χ4v) is 1.73. The summed E-state index contributed by atoms with van der Waals surface area (Å²) in [5, 5.41) is 5.56. The Balaban J connectivity index is 2.04. The van der Waals surface area contributed by atoms with Gasteiger partial charge in [0.15, 0.2) is 0 Å². The second-order valence-corrected chi connectivity index (χ2v) is 4.71. The maximum atomic E-state index is 11.5. The van der Waals surface area contributed by atoms with Gasteiger partial charge in [-0.3, -0.25) is 0 Å². The van der Waals surface area contributed by atoms with Crippen LogP contribution in [0.3, 0.4) is 0 Å². The van der Waals surface area contributed by atoms with Crippen molar-refractivity contribution in [3.63, 3.8) is 0 Å². The van der Waals surface area contributed by atoms with Crippen LogP contribution >= 0.6 is 0 Å². The van der Waals surface area contributed by atoms with Crippen LogP contribution in [0.15, 0.2) is 30.5 Å². The van der Waals surface area contributed by atoms with Gasteiger partial charge in [0, 0.05) is 11.7 Å². The largest absolute Gasteiger partial charge is 0.342 e. The summed E-state index contributed by atoms with van der Waals surface area (Å²) in [6.45, 7) is 5.75. The number of rotatable bonds is 3. The van der Waals surface area contributed by atoms with Crippen LogP contribution in [0.1, 0.15) is 19.7 Å². The number of carbonyl (C=O) groups excluding carboxylic acids is 1. The van der Waals surface area contributed by atoms with Gasteiger partial charge >= 0.3 is 6.03 Å². The second-order valence-electron chi connectivity index (χ2n) is 4.71. The molecule has 19 heavy (non-hydrogen) atoms. The van der Waals surface area contributed by atoms with Crippen molar-refractivity contribution in [2.24, 2.45) is 0 Å². The third-order valence-corrected chi connectivity index (χ3v) is 2.58. The Morgan fingerprint density at radius 1 is 1.26 bits per heavy atom. The molecule has 0 atom stereocenters. The van der Waals surface area contributed by atoms with Gasteiger partial charge in [-0.05, 0) is 38.5 Å². The molecule has 1 aromatic heterocycles. The Kier molecular flexibility index (Phi) is 3.85. The number of imidazole rings is 1. The minimum absolute atomic E-state index is 0.118. The van der Waals surface area contributed by atoms with E-state index in [1.54, 1.807) is 6.20 Å². The van der Waals surface area contributed by atoms with Gasteiger partial charge in [-0.2, -0.15) is 0 Å². The number of aromatic nitrogens is 2. The molecule has 0 unspecified atom stereocenters. The van der Waals surface area contributed by atoms with E-state index in [4.69, 9.17) is 0 Å². The Hall–Kier alpha value is -2.30. The zero-order chi connectivity index (χ0) is 13.8. The summed E-state index contributed by atoms with van der Waals surface area (Å²) in [6, 6.07) is 7.54. The van der Waals surface area contributed by atoms with Gasteiger partial charge in [-0.15, -0.1) is 0 Å². The summed E-state index contributed by atoms with van der Waals surface area (Å²) in [5.74, 6) is 0.883. The Bertz CT molecular complexity index is 557. The van der Waals surface area contributed by atoms with Crippen LogP contribution in [-0.2, 0) is 0 Å². The number of anilines is 1. The molecule has 0 radical (unpaired) electrons. The number of nitrogens with zero attached hydrogens (tertiary/aromatic N) is 1. The quantitative estimate of drug-likeness (QED) is 0.792. The molecular formula is C14H18N4O. The number of amides is 2. The lowest BCUT2D eigenvalue weighted by Crippen LogP contribution is -2.34. The van der Waals surface area contributed by atoms with Crippen LogP contribution in [0.25, 0.3) is 11.3 Å². The van der Waals surface area contributed by atoms with Gasteiger partial charge in [0.05, 0.1) is 11.9 Å². The van der Waals surface area contributed by atoms with E-state index in [2.05, 4.69) is 20.6 Å². The standard InChI is InChI=1S/C14H18N4O/c1-9(2)16-14(19)18-12-6-4-11(5-7-12)13-8-15-10(3)17-13/h4-9H,1-3H3,(H,15,17)(H2,16,18,19). The average molecular weight is 258 g/mol. The Morgan fingerprint density at radius 2 is 1.95 bits per heavy atom. The molecule has 1 heterocycles. The second kappa shape index (κ2) is 5.56. The molecular weight excluding hydrogens is 240 g/mol. The first-order chi connectivity index (χ1) is 9.04. The molecule has 0 bridgehead atoms. The number of carbonyl (C=O) groups is 1. The number of H-pyrrole nitrogens is 1. The van der Waals surface area contributed by atoms with E-state index < -0.39 is 0 Å². The molecule has 0 saturated heterocycles. The number of nitrogens with one attached hydrogen (secondary N) is 3. The maximum absolute atomic E-state index is 11.5. The van der Waals surface area contributed by atoms with Crippen LogP contribution < -0.4 is 10.6 Å². The van der Waals surface area contributed by atoms with Crippen LogP contribution in [0.2, 0.25) is 0 Å². The van der Waals surface area contributed by atoms with Crippen molar-refractivity contribution in [3.05, 3.63) is 36.3 Å². The zero-order valence-corrected chi connectivity index (χ0v) is 11.3. The Morgan fingerprint density at radius 3 is 2.47 bits per heavy atom. The van der Waals surface area contributed by atoms with E-state index in [9.17, 15) is 4.79 Å². The number of urea groups is 1. The van der Waals surface area contributed by atoms with Gasteiger partial charge in [0.1, 0.15) is 5.82 Å². The fourth-order valence-electron chi connectivity index (χ4n) is 1.73. The van der Waals surface area contributed by atoms with Gasteiger partial charge in [0.25, 0.3) is 0 Å².